The number of rotatable bonds is 4. The molecular weight excluding hydrogens is 372 g/mol. The molecule has 4 nitrogen and oxygen atoms in total. The average molecular weight is 403 g/mol. The third-order valence-corrected chi connectivity index (χ3v) is 7.46. The molecule has 1 saturated carbocycles. The van der Waals surface area contributed by atoms with Crippen molar-refractivity contribution in [3.8, 4) is 0 Å². The maximum absolute atomic E-state index is 13.4. The van der Waals surface area contributed by atoms with Gasteiger partial charge < -0.3 is 9.80 Å². The van der Waals surface area contributed by atoms with Gasteiger partial charge in [-0.2, -0.15) is 0 Å². The van der Waals surface area contributed by atoms with Crippen LogP contribution in [0, 0.1) is 24.7 Å². The molecule has 4 heteroatoms. The maximum Gasteiger partial charge on any atom is 0.227 e. The number of aryl methyl sites for hydroxylation is 1. The second-order valence-corrected chi connectivity index (χ2v) is 9.30. The van der Waals surface area contributed by atoms with Crippen molar-refractivity contribution in [2.45, 2.75) is 38.6 Å². The van der Waals surface area contributed by atoms with Crippen molar-refractivity contribution >= 4 is 11.8 Å². The molecule has 3 fully saturated rings. The van der Waals surface area contributed by atoms with Crippen LogP contribution in [0.2, 0.25) is 0 Å². The summed E-state index contributed by atoms with van der Waals surface area (Å²) in [6.45, 7) is 4.48. The van der Waals surface area contributed by atoms with Crippen molar-refractivity contribution < 1.29 is 9.59 Å². The highest BCUT2D eigenvalue weighted by Gasteiger charge is 2.50. The highest BCUT2D eigenvalue weighted by Crippen LogP contribution is 2.46. The van der Waals surface area contributed by atoms with Crippen LogP contribution in [0.1, 0.15) is 42.0 Å². The fourth-order valence-corrected chi connectivity index (χ4v) is 5.58. The molecule has 2 aliphatic heterocycles. The quantitative estimate of drug-likeness (QED) is 0.776. The van der Waals surface area contributed by atoms with Crippen LogP contribution in [0.15, 0.2) is 54.6 Å². The molecule has 0 radical (unpaired) electrons. The van der Waals surface area contributed by atoms with Gasteiger partial charge in [0.05, 0.1) is 12.5 Å². The first-order valence-electron chi connectivity index (χ1n) is 11.3. The Labute approximate surface area is 178 Å². The summed E-state index contributed by atoms with van der Waals surface area (Å²) in [7, 11) is 0. The zero-order chi connectivity index (χ0) is 20.7. The first-order chi connectivity index (χ1) is 14.6. The monoisotopic (exact) mass is 402 g/mol. The molecule has 2 amide bonds. The van der Waals surface area contributed by atoms with Crippen LogP contribution in [-0.2, 0) is 16.0 Å². The predicted octanol–water partition coefficient (Wildman–Crippen LogP) is 4.00. The lowest BCUT2D eigenvalue weighted by atomic mass is 9.84. The molecule has 30 heavy (non-hydrogen) atoms. The van der Waals surface area contributed by atoms with Crippen molar-refractivity contribution in [2.24, 2.45) is 17.8 Å². The molecule has 2 saturated heterocycles. The Morgan fingerprint density at radius 1 is 0.933 bits per heavy atom. The predicted molar refractivity (Wildman–Crippen MR) is 117 cm³/mol. The molecular formula is C26H30N2O2. The second-order valence-electron chi connectivity index (χ2n) is 9.30. The van der Waals surface area contributed by atoms with E-state index in [4.69, 9.17) is 0 Å². The summed E-state index contributed by atoms with van der Waals surface area (Å²) >= 11 is 0. The van der Waals surface area contributed by atoms with Gasteiger partial charge in [0.2, 0.25) is 11.8 Å². The number of carbonyl (C=O) groups is 2. The molecule has 2 heterocycles. The van der Waals surface area contributed by atoms with Crippen molar-refractivity contribution in [1.82, 2.24) is 9.80 Å². The standard InChI is InChI=1S/C26H30N2O2/c1-18-8-5-6-13-22(18)25-23-17-27(26(30)20-11-7-12-20)15-21(23)16-28(25)24(29)14-19-9-3-2-4-10-19/h2-6,8-10,13,20-21,23,25H,7,11-12,14-17H2,1H3/t21-,23-,25+/m0/s1. The molecule has 0 unspecified atom stereocenters. The molecule has 1 aliphatic carbocycles. The Kier molecular flexibility index (Phi) is 5.10. The first kappa shape index (κ1) is 19.3. The van der Waals surface area contributed by atoms with Crippen LogP contribution >= 0.6 is 0 Å². The Morgan fingerprint density at radius 3 is 2.37 bits per heavy atom. The fourth-order valence-electron chi connectivity index (χ4n) is 5.58. The van der Waals surface area contributed by atoms with E-state index in [1.807, 2.05) is 30.3 Å². The lowest BCUT2D eigenvalue weighted by Crippen LogP contribution is -2.41. The van der Waals surface area contributed by atoms with Gasteiger partial charge in [0, 0.05) is 37.4 Å². The van der Waals surface area contributed by atoms with Gasteiger partial charge in [-0.05, 0) is 36.5 Å². The summed E-state index contributed by atoms with van der Waals surface area (Å²) in [4.78, 5) is 30.4. The molecule has 0 N–H and O–H groups in total. The van der Waals surface area contributed by atoms with E-state index in [0.717, 1.165) is 38.0 Å². The molecule has 5 rings (SSSR count). The van der Waals surface area contributed by atoms with Crippen LogP contribution in [0.4, 0.5) is 0 Å². The first-order valence-corrected chi connectivity index (χ1v) is 11.3. The average Bonchev–Trinajstić information content (AvgIpc) is 3.26. The number of hydrogen-bond donors (Lipinski definition) is 0. The number of fused-ring (bicyclic) bond motifs is 1. The summed E-state index contributed by atoms with van der Waals surface area (Å²) in [6.07, 6.45) is 3.72. The van der Waals surface area contributed by atoms with Gasteiger partial charge in [-0.3, -0.25) is 9.59 Å². The summed E-state index contributed by atoms with van der Waals surface area (Å²) < 4.78 is 0. The number of nitrogens with zero attached hydrogens (tertiary/aromatic N) is 2. The number of amides is 2. The molecule has 3 atom stereocenters. The highest BCUT2D eigenvalue weighted by molar-refractivity contribution is 5.81. The molecule has 0 spiro atoms. The Hall–Kier alpha value is -2.62. The molecule has 2 aromatic carbocycles. The van der Waals surface area contributed by atoms with Gasteiger partial charge in [-0.15, -0.1) is 0 Å². The van der Waals surface area contributed by atoms with Gasteiger partial charge in [0.25, 0.3) is 0 Å². The highest BCUT2D eigenvalue weighted by atomic mass is 16.2. The number of carbonyl (C=O) groups excluding carboxylic acids is 2. The third kappa shape index (κ3) is 3.42. The van der Waals surface area contributed by atoms with E-state index < -0.39 is 0 Å². The van der Waals surface area contributed by atoms with E-state index in [1.54, 1.807) is 0 Å². The van der Waals surface area contributed by atoms with Crippen LogP contribution in [0.25, 0.3) is 0 Å². The van der Waals surface area contributed by atoms with Crippen molar-refractivity contribution in [3.05, 3.63) is 71.3 Å². The summed E-state index contributed by atoms with van der Waals surface area (Å²) in [6, 6.07) is 18.5. The zero-order valence-electron chi connectivity index (χ0n) is 17.7. The zero-order valence-corrected chi connectivity index (χ0v) is 17.7. The number of likely N-dealkylation sites (tertiary alicyclic amines) is 2. The molecule has 0 bridgehead atoms. The minimum atomic E-state index is 0.0617. The molecule has 2 aromatic rings. The van der Waals surface area contributed by atoms with Crippen LogP contribution < -0.4 is 0 Å². The van der Waals surface area contributed by atoms with E-state index in [2.05, 4.69) is 41.0 Å². The minimum Gasteiger partial charge on any atom is -0.342 e. The van der Waals surface area contributed by atoms with Gasteiger partial charge in [0.15, 0.2) is 0 Å². The lowest BCUT2D eigenvalue weighted by molar-refractivity contribution is -0.137. The topological polar surface area (TPSA) is 40.6 Å². The maximum atomic E-state index is 13.4. The van der Waals surface area contributed by atoms with E-state index in [9.17, 15) is 9.59 Å². The molecule has 156 valence electrons. The number of hydrogen-bond acceptors (Lipinski definition) is 2. The number of benzene rings is 2. The molecule has 3 aliphatic rings. The van der Waals surface area contributed by atoms with Gasteiger partial charge in [-0.1, -0.05) is 61.0 Å². The normalized spacial score (nSPS) is 25.8. The van der Waals surface area contributed by atoms with Crippen molar-refractivity contribution in [1.29, 1.82) is 0 Å². The molecule has 0 aromatic heterocycles. The smallest absolute Gasteiger partial charge is 0.227 e. The SMILES string of the molecule is Cc1ccccc1[C@@H]1[C@H]2CN(C(=O)C3CCC3)C[C@H]2CN1C(=O)Cc1ccccc1. The Morgan fingerprint density at radius 2 is 1.67 bits per heavy atom. The van der Waals surface area contributed by atoms with E-state index in [-0.39, 0.29) is 17.9 Å². The van der Waals surface area contributed by atoms with E-state index in [1.165, 1.54) is 17.5 Å². The summed E-state index contributed by atoms with van der Waals surface area (Å²) in [5.41, 5.74) is 3.53. The van der Waals surface area contributed by atoms with Crippen molar-refractivity contribution in [3.63, 3.8) is 0 Å². The summed E-state index contributed by atoms with van der Waals surface area (Å²) in [5, 5.41) is 0. The Bertz CT molecular complexity index is 937. The minimum absolute atomic E-state index is 0.0617. The van der Waals surface area contributed by atoms with Crippen LogP contribution in [0.3, 0.4) is 0 Å². The van der Waals surface area contributed by atoms with E-state index in [0.29, 0.717) is 24.2 Å². The van der Waals surface area contributed by atoms with Gasteiger partial charge in [0.1, 0.15) is 0 Å². The fraction of sp³-hybridized carbons (Fsp3) is 0.462. The summed E-state index contributed by atoms with van der Waals surface area (Å²) in [5.74, 6) is 1.49. The van der Waals surface area contributed by atoms with E-state index >= 15 is 0 Å². The lowest BCUT2D eigenvalue weighted by Gasteiger charge is -2.33. The van der Waals surface area contributed by atoms with Crippen molar-refractivity contribution in [2.75, 3.05) is 19.6 Å². The van der Waals surface area contributed by atoms with Gasteiger partial charge >= 0.3 is 0 Å². The van der Waals surface area contributed by atoms with Crippen LogP contribution in [0.5, 0.6) is 0 Å². The second kappa shape index (κ2) is 7.90. The van der Waals surface area contributed by atoms with Crippen LogP contribution in [-0.4, -0.2) is 41.2 Å². The van der Waals surface area contributed by atoms with Gasteiger partial charge in [-0.25, -0.2) is 0 Å². The Balaban J connectivity index is 1.40. The largest absolute Gasteiger partial charge is 0.342 e. The third-order valence-electron chi connectivity index (χ3n) is 7.46.